The molecule has 0 aliphatic carbocycles. The highest BCUT2D eigenvalue weighted by atomic mass is 35.5. The molecular weight excluding hydrogens is 317 g/mol. The zero-order chi connectivity index (χ0) is 16.3. The molecule has 2 aromatic rings. The number of rotatable bonds is 2. The molecule has 2 rings (SSSR count). The molecule has 2 N–H and O–H groups in total. The van der Waals surface area contributed by atoms with Gasteiger partial charge in [-0.15, -0.1) is 0 Å². The molecule has 0 aliphatic heterocycles. The lowest BCUT2D eigenvalue weighted by Gasteiger charge is -2.11. The minimum Gasteiger partial charge on any atom is -0.308 e. The van der Waals surface area contributed by atoms with Crippen molar-refractivity contribution in [3.63, 3.8) is 0 Å². The van der Waals surface area contributed by atoms with Crippen LogP contribution in [0.25, 0.3) is 0 Å². The Kier molecular flexibility index (Phi) is 4.61. The van der Waals surface area contributed by atoms with Gasteiger partial charge in [-0.05, 0) is 55.0 Å². The van der Waals surface area contributed by atoms with Crippen LogP contribution in [0.4, 0.5) is 29.3 Å². The summed E-state index contributed by atoms with van der Waals surface area (Å²) in [6.07, 6.45) is -4.40. The predicted molar refractivity (Wildman–Crippen MR) is 80.3 cm³/mol. The second-order valence-corrected chi connectivity index (χ2v) is 5.05. The van der Waals surface area contributed by atoms with E-state index in [4.69, 9.17) is 11.6 Å². The van der Waals surface area contributed by atoms with E-state index in [1.807, 2.05) is 0 Å². The molecule has 0 radical (unpaired) electrons. The van der Waals surface area contributed by atoms with Crippen LogP contribution in [-0.2, 0) is 6.18 Å². The third-order valence-corrected chi connectivity index (χ3v) is 3.14. The Balaban J connectivity index is 2.03. The van der Waals surface area contributed by atoms with E-state index in [9.17, 15) is 18.0 Å². The van der Waals surface area contributed by atoms with Crippen LogP contribution in [0.15, 0.2) is 42.5 Å². The molecule has 0 saturated carbocycles. The fourth-order valence-electron chi connectivity index (χ4n) is 1.79. The zero-order valence-corrected chi connectivity index (χ0v) is 12.2. The largest absolute Gasteiger partial charge is 0.416 e. The Hall–Kier alpha value is -2.21. The maximum absolute atomic E-state index is 12.4. The van der Waals surface area contributed by atoms with Crippen LogP contribution >= 0.6 is 11.6 Å². The van der Waals surface area contributed by atoms with E-state index in [2.05, 4.69) is 10.6 Å². The number of aryl methyl sites for hydroxylation is 1. The minimum absolute atomic E-state index is 0.261. The van der Waals surface area contributed by atoms with Crippen molar-refractivity contribution in [2.75, 3.05) is 10.6 Å². The Labute approximate surface area is 130 Å². The highest BCUT2D eigenvalue weighted by molar-refractivity contribution is 6.30. The first-order valence-corrected chi connectivity index (χ1v) is 6.65. The van der Waals surface area contributed by atoms with E-state index < -0.39 is 17.8 Å². The molecule has 0 saturated heterocycles. The second-order valence-electron chi connectivity index (χ2n) is 4.61. The van der Waals surface area contributed by atoms with Crippen molar-refractivity contribution in [2.24, 2.45) is 0 Å². The first kappa shape index (κ1) is 16.2. The molecule has 7 heteroatoms. The number of benzene rings is 2. The summed E-state index contributed by atoms with van der Waals surface area (Å²) in [4.78, 5) is 11.8. The van der Waals surface area contributed by atoms with Crippen LogP contribution < -0.4 is 10.6 Å². The number of hydrogen-bond acceptors (Lipinski definition) is 1. The van der Waals surface area contributed by atoms with Crippen LogP contribution in [0, 0.1) is 6.92 Å². The smallest absolute Gasteiger partial charge is 0.308 e. The maximum atomic E-state index is 12.4. The first-order chi connectivity index (χ1) is 10.3. The molecule has 0 aromatic heterocycles. The Bertz CT molecular complexity index is 684. The molecule has 0 spiro atoms. The summed E-state index contributed by atoms with van der Waals surface area (Å²) in [5, 5.41) is 5.61. The molecule has 0 bridgehead atoms. The molecule has 0 atom stereocenters. The second kappa shape index (κ2) is 6.27. The number of amides is 2. The number of hydrogen-bond donors (Lipinski definition) is 2. The van der Waals surface area contributed by atoms with Gasteiger partial charge in [-0.25, -0.2) is 4.79 Å². The number of urea groups is 1. The van der Waals surface area contributed by atoms with E-state index in [0.29, 0.717) is 10.7 Å². The number of carbonyl (C=O) groups excluding carboxylic acids is 1. The molecule has 22 heavy (non-hydrogen) atoms. The molecule has 3 nitrogen and oxygen atoms in total. The molecule has 0 unspecified atom stereocenters. The maximum Gasteiger partial charge on any atom is 0.416 e. The Morgan fingerprint density at radius 2 is 1.68 bits per heavy atom. The van der Waals surface area contributed by atoms with E-state index in [1.54, 1.807) is 25.1 Å². The number of anilines is 2. The fraction of sp³-hybridized carbons (Fsp3) is 0.133. The van der Waals surface area contributed by atoms with Crippen molar-refractivity contribution in [3.05, 3.63) is 58.6 Å². The van der Waals surface area contributed by atoms with E-state index in [0.717, 1.165) is 17.7 Å². The van der Waals surface area contributed by atoms with Crippen LogP contribution in [0.1, 0.15) is 11.1 Å². The summed E-state index contributed by atoms with van der Waals surface area (Å²) >= 11 is 5.81. The molecule has 2 aromatic carbocycles. The number of nitrogens with one attached hydrogen (secondary N) is 2. The third-order valence-electron chi connectivity index (χ3n) is 2.91. The molecular formula is C15H12ClF3N2O. The van der Waals surface area contributed by atoms with Gasteiger partial charge in [0.1, 0.15) is 0 Å². The lowest BCUT2D eigenvalue weighted by atomic mass is 10.2. The van der Waals surface area contributed by atoms with Crippen LogP contribution in [0.3, 0.4) is 0 Å². The number of halogens is 4. The molecule has 116 valence electrons. The quantitative estimate of drug-likeness (QED) is 0.770. The standard InChI is InChI=1S/C15H12ClF3N2O/c1-9-8-11(16)4-7-13(9)21-14(22)20-12-5-2-10(3-6-12)15(17,18)19/h2-8H,1H3,(H2,20,21,22). The van der Waals surface area contributed by atoms with E-state index in [1.165, 1.54) is 12.1 Å². The molecule has 0 aliphatic rings. The van der Waals surface area contributed by atoms with Gasteiger partial charge in [0.15, 0.2) is 0 Å². The van der Waals surface area contributed by atoms with Crippen molar-refractivity contribution in [2.45, 2.75) is 13.1 Å². The average Bonchev–Trinajstić information content (AvgIpc) is 2.41. The predicted octanol–water partition coefficient (Wildman–Crippen LogP) is 5.31. The summed E-state index contributed by atoms with van der Waals surface area (Å²) in [6, 6.07) is 8.60. The van der Waals surface area contributed by atoms with Crippen molar-refractivity contribution in [3.8, 4) is 0 Å². The van der Waals surface area contributed by atoms with Gasteiger partial charge in [0.2, 0.25) is 0 Å². The highest BCUT2D eigenvalue weighted by Gasteiger charge is 2.29. The van der Waals surface area contributed by atoms with Crippen molar-refractivity contribution in [1.29, 1.82) is 0 Å². The van der Waals surface area contributed by atoms with Gasteiger partial charge in [0.25, 0.3) is 0 Å². The molecule has 0 fully saturated rings. The molecule has 0 heterocycles. The average molecular weight is 329 g/mol. The normalized spacial score (nSPS) is 11.1. The lowest BCUT2D eigenvalue weighted by molar-refractivity contribution is -0.137. The van der Waals surface area contributed by atoms with Crippen molar-refractivity contribution < 1.29 is 18.0 Å². The topological polar surface area (TPSA) is 41.1 Å². The van der Waals surface area contributed by atoms with Crippen molar-refractivity contribution >= 4 is 29.0 Å². The summed E-state index contributed by atoms with van der Waals surface area (Å²) in [6.45, 7) is 1.78. The molecule has 2 amide bonds. The number of carbonyl (C=O) groups is 1. The van der Waals surface area contributed by atoms with Gasteiger partial charge in [0, 0.05) is 16.4 Å². The van der Waals surface area contributed by atoms with E-state index >= 15 is 0 Å². The van der Waals surface area contributed by atoms with Crippen molar-refractivity contribution in [1.82, 2.24) is 0 Å². The lowest BCUT2D eigenvalue weighted by Crippen LogP contribution is -2.20. The van der Waals surface area contributed by atoms with Gasteiger partial charge < -0.3 is 10.6 Å². The van der Waals surface area contributed by atoms with Gasteiger partial charge >= 0.3 is 12.2 Å². The number of alkyl halides is 3. The highest BCUT2D eigenvalue weighted by Crippen LogP contribution is 2.29. The minimum atomic E-state index is -4.40. The summed E-state index contributed by atoms with van der Waals surface area (Å²) in [5.41, 5.74) is 0.827. The fourth-order valence-corrected chi connectivity index (χ4v) is 2.02. The van der Waals surface area contributed by atoms with Gasteiger partial charge in [-0.2, -0.15) is 13.2 Å². The van der Waals surface area contributed by atoms with Crippen LogP contribution in [0.5, 0.6) is 0 Å². The first-order valence-electron chi connectivity index (χ1n) is 6.27. The summed E-state index contributed by atoms with van der Waals surface area (Å²) in [7, 11) is 0. The van der Waals surface area contributed by atoms with Crippen LogP contribution in [-0.4, -0.2) is 6.03 Å². The Morgan fingerprint density at radius 3 is 2.23 bits per heavy atom. The summed E-state index contributed by atoms with van der Waals surface area (Å²) in [5.74, 6) is 0. The van der Waals surface area contributed by atoms with Gasteiger partial charge in [0.05, 0.1) is 5.56 Å². The third kappa shape index (κ3) is 4.14. The SMILES string of the molecule is Cc1cc(Cl)ccc1NC(=O)Nc1ccc(C(F)(F)F)cc1. The van der Waals surface area contributed by atoms with E-state index in [-0.39, 0.29) is 5.69 Å². The van der Waals surface area contributed by atoms with Gasteiger partial charge in [-0.1, -0.05) is 11.6 Å². The Morgan fingerprint density at radius 1 is 1.05 bits per heavy atom. The summed E-state index contributed by atoms with van der Waals surface area (Å²) < 4.78 is 37.3. The van der Waals surface area contributed by atoms with Crippen LogP contribution in [0.2, 0.25) is 5.02 Å². The zero-order valence-electron chi connectivity index (χ0n) is 11.5. The van der Waals surface area contributed by atoms with Gasteiger partial charge in [-0.3, -0.25) is 0 Å². The monoisotopic (exact) mass is 328 g/mol.